The van der Waals surface area contributed by atoms with E-state index in [0.717, 1.165) is 58.8 Å². The Morgan fingerprint density at radius 3 is 2.56 bits per heavy atom. The van der Waals surface area contributed by atoms with E-state index in [2.05, 4.69) is 38.3 Å². The maximum absolute atomic E-state index is 6.41. The van der Waals surface area contributed by atoms with Gasteiger partial charge >= 0.3 is 0 Å². The van der Waals surface area contributed by atoms with Crippen molar-refractivity contribution >= 4 is 62.2 Å². The fourth-order valence-electron chi connectivity index (χ4n) is 3.53. The van der Waals surface area contributed by atoms with Gasteiger partial charge in [-0.15, -0.1) is 0 Å². The molecule has 1 N–H and O–H groups in total. The van der Waals surface area contributed by atoms with Crippen LogP contribution in [0.4, 0.5) is 5.82 Å². The summed E-state index contributed by atoms with van der Waals surface area (Å²) in [6.45, 7) is 2.47. The minimum absolute atomic E-state index is 0.656. The number of benzene rings is 2. The van der Waals surface area contributed by atoms with Crippen molar-refractivity contribution in [2.45, 2.75) is 13.0 Å². The number of hydrogen-bond acceptors (Lipinski definition) is 4. The van der Waals surface area contributed by atoms with Gasteiger partial charge in [-0.25, -0.2) is 4.98 Å². The van der Waals surface area contributed by atoms with Crippen LogP contribution in [0.15, 0.2) is 59.2 Å². The van der Waals surface area contributed by atoms with Crippen LogP contribution in [0.3, 0.4) is 0 Å². The first-order valence-electron chi connectivity index (χ1n) is 10.1. The maximum atomic E-state index is 6.41. The molecule has 9 heteroatoms. The average Bonchev–Trinajstić information content (AvgIpc) is 3.11. The zero-order valence-electron chi connectivity index (χ0n) is 17.3. The van der Waals surface area contributed by atoms with Gasteiger partial charge in [-0.3, -0.25) is 0 Å². The number of hydrogen-bond donors (Lipinski definition) is 1. The minimum atomic E-state index is 0.656. The molecule has 2 aromatic heterocycles. The van der Waals surface area contributed by atoms with E-state index < -0.39 is 0 Å². The summed E-state index contributed by atoms with van der Waals surface area (Å²) in [6.07, 6.45) is 2.69. The van der Waals surface area contributed by atoms with Crippen LogP contribution >= 0.6 is 50.7 Å². The highest BCUT2D eigenvalue weighted by Gasteiger charge is 2.13. The van der Waals surface area contributed by atoms with E-state index in [9.17, 15) is 0 Å². The van der Waals surface area contributed by atoms with E-state index in [1.54, 1.807) is 16.8 Å². The smallest absolute Gasteiger partial charge is 0.172 e. The Hall–Kier alpha value is -1.83. The zero-order valence-corrected chi connectivity index (χ0v) is 21.2. The summed E-state index contributed by atoms with van der Waals surface area (Å²) in [5, 5.41) is 9.91. The monoisotopic (exact) mass is 551 g/mol. The molecule has 0 unspecified atom stereocenters. The third kappa shape index (κ3) is 5.56. The second-order valence-electron chi connectivity index (χ2n) is 7.53. The van der Waals surface area contributed by atoms with Gasteiger partial charge in [0.1, 0.15) is 5.82 Å². The molecule has 166 valence electrons. The topological polar surface area (TPSA) is 45.5 Å². The molecule has 4 rings (SSSR count). The van der Waals surface area contributed by atoms with Crippen LogP contribution in [0.2, 0.25) is 15.1 Å². The first-order chi connectivity index (χ1) is 15.4. The van der Waals surface area contributed by atoms with Crippen molar-refractivity contribution in [1.82, 2.24) is 19.5 Å². The molecule has 0 aliphatic rings. The molecule has 0 saturated heterocycles. The van der Waals surface area contributed by atoms with Crippen molar-refractivity contribution in [1.29, 1.82) is 0 Å². The Bertz CT molecular complexity index is 1220. The Morgan fingerprint density at radius 1 is 1.06 bits per heavy atom. The summed E-state index contributed by atoms with van der Waals surface area (Å²) in [6, 6.07) is 15.3. The highest BCUT2D eigenvalue weighted by Crippen LogP contribution is 2.30. The molecule has 0 radical (unpaired) electrons. The second-order valence-corrected chi connectivity index (χ2v) is 9.66. The van der Waals surface area contributed by atoms with Crippen LogP contribution < -0.4 is 5.32 Å². The largest absolute Gasteiger partial charge is 0.370 e. The van der Waals surface area contributed by atoms with Crippen LogP contribution in [-0.4, -0.2) is 39.6 Å². The standard InChI is InChI=1S/C23H21BrCl3N5/c1-31(14-15-9-16(25)11-17(26)10-15)8-4-7-28-22-12-21(18-5-2-3-6-20(18)27)30-23-19(24)13-29-32(22)23/h2-3,5-6,9-13,28H,4,7-8,14H2,1H3. The molecule has 2 aromatic carbocycles. The van der Waals surface area contributed by atoms with Gasteiger partial charge in [-0.2, -0.15) is 9.61 Å². The first kappa shape index (κ1) is 23.3. The first-order valence-corrected chi connectivity index (χ1v) is 12.0. The van der Waals surface area contributed by atoms with Gasteiger partial charge in [0.05, 0.1) is 16.4 Å². The summed E-state index contributed by atoms with van der Waals surface area (Å²) in [4.78, 5) is 6.98. The highest BCUT2D eigenvalue weighted by molar-refractivity contribution is 9.10. The maximum Gasteiger partial charge on any atom is 0.172 e. The van der Waals surface area contributed by atoms with Crippen molar-refractivity contribution in [2.75, 3.05) is 25.5 Å². The number of nitrogens with one attached hydrogen (secondary N) is 1. The van der Waals surface area contributed by atoms with Gasteiger partial charge in [0.2, 0.25) is 0 Å². The van der Waals surface area contributed by atoms with Gasteiger partial charge in [-0.1, -0.05) is 53.0 Å². The van der Waals surface area contributed by atoms with Crippen LogP contribution in [0, 0.1) is 0 Å². The predicted molar refractivity (Wildman–Crippen MR) is 137 cm³/mol. The summed E-state index contributed by atoms with van der Waals surface area (Å²) in [5.41, 5.74) is 3.51. The number of aromatic nitrogens is 3. The normalized spacial score (nSPS) is 11.4. The van der Waals surface area contributed by atoms with Crippen molar-refractivity contribution in [2.24, 2.45) is 0 Å². The molecule has 0 bridgehead atoms. The summed E-state index contributed by atoms with van der Waals surface area (Å²) in [5.74, 6) is 0.861. The SMILES string of the molecule is CN(CCCNc1cc(-c2ccccc2Cl)nc2c(Br)cnn12)Cc1cc(Cl)cc(Cl)c1. The molecule has 0 saturated carbocycles. The molecular formula is C23H21BrCl3N5. The lowest BCUT2D eigenvalue weighted by Gasteiger charge is -2.18. The van der Waals surface area contributed by atoms with Crippen LogP contribution in [0.1, 0.15) is 12.0 Å². The lowest BCUT2D eigenvalue weighted by Crippen LogP contribution is -2.21. The molecule has 4 aromatic rings. The van der Waals surface area contributed by atoms with E-state index >= 15 is 0 Å². The van der Waals surface area contributed by atoms with E-state index in [4.69, 9.17) is 39.8 Å². The van der Waals surface area contributed by atoms with Crippen molar-refractivity contribution in [3.8, 4) is 11.3 Å². The summed E-state index contributed by atoms with van der Waals surface area (Å²) in [7, 11) is 2.08. The van der Waals surface area contributed by atoms with E-state index in [-0.39, 0.29) is 0 Å². The Kier molecular flexibility index (Phi) is 7.59. The van der Waals surface area contributed by atoms with Crippen LogP contribution in [0.5, 0.6) is 0 Å². The Balaban J connectivity index is 1.43. The molecule has 0 aliphatic carbocycles. The van der Waals surface area contributed by atoms with E-state index in [1.807, 2.05) is 42.5 Å². The lowest BCUT2D eigenvalue weighted by molar-refractivity contribution is 0.325. The molecule has 32 heavy (non-hydrogen) atoms. The zero-order chi connectivity index (χ0) is 22.7. The molecule has 2 heterocycles. The number of halogens is 4. The third-order valence-corrected chi connectivity index (χ3v) is 6.30. The van der Waals surface area contributed by atoms with Gasteiger partial charge < -0.3 is 10.2 Å². The van der Waals surface area contributed by atoms with Gasteiger partial charge in [-0.05, 0) is 65.8 Å². The molecular weight excluding hydrogens is 533 g/mol. The molecule has 0 atom stereocenters. The van der Waals surface area contributed by atoms with Gasteiger partial charge in [0.15, 0.2) is 5.65 Å². The molecule has 0 fully saturated rings. The minimum Gasteiger partial charge on any atom is -0.370 e. The van der Waals surface area contributed by atoms with Crippen LogP contribution in [0.25, 0.3) is 16.9 Å². The Labute approximate surface area is 210 Å². The number of nitrogens with zero attached hydrogens (tertiary/aromatic N) is 4. The average molecular weight is 554 g/mol. The fraction of sp³-hybridized carbons (Fsp3) is 0.217. The summed E-state index contributed by atoms with van der Waals surface area (Å²) >= 11 is 22.2. The van der Waals surface area contributed by atoms with E-state index in [1.165, 1.54) is 0 Å². The fourth-order valence-corrected chi connectivity index (χ4v) is 4.68. The molecule has 5 nitrogen and oxygen atoms in total. The number of anilines is 1. The number of fused-ring (bicyclic) bond motifs is 1. The highest BCUT2D eigenvalue weighted by atomic mass is 79.9. The van der Waals surface area contributed by atoms with E-state index in [0.29, 0.717) is 15.1 Å². The third-order valence-electron chi connectivity index (χ3n) is 4.98. The van der Waals surface area contributed by atoms with Crippen LogP contribution in [-0.2, 0) is 6.54 Å². The van der Waals surface area contributed by atoms with Gasteiger partial charge in [0, 0.05) is 39.8 Å². The van der Waals surface area contributed by atoms with Crippen molar-refractivity contribution in [3.63, 3.8) is 0 Å². The van der Waals surface area contributed by atoms with Crippen molar-refractivity contribution < 1.29 is 0 Å². The van der Waals surface area contributed by atoms with Crippen molar-refractivity contribution in [3.05, 3.63) is 79.8 Å². The molecule has 0 amide bonds. The molecule has 0 spiro atoms. The quantitative estimate of drug-likeness (QED) is 0.238. The lowest BCUT2D eigenvalue weighted by atomic mass is 10.1. The summed E-state index contributed by atoms with van der Waals surface area (Å²) < 4.78 is 2.62. The molecule has 0 aliphatic heterocycles. The Morgan fingerprint density at radius 2 is 1.81 bits per heavy atom. The predicted octanol–water partition coefficient (Wildman–Crippen LogP) is 7.05. The second kappa shape index (κ2) is 10.4. The number of rotatable bonds is 8. The van der Waals surface area contributed by atoms with Gasteiger partial charge in [0.25, 0.3) is 0 Å².